The van der Waals surface area contributed by atoms with E-state index in [4.69, 9.17) is 4.74 Å². The maximum Gasteiger partial charge on any atom is 0.354 e. The molecule has 1 unspecified atom stereocenters. The van der Waals surface area contributed by atoms with Crippen LogP contribution >= 0.6 is 15.9 Å². The number of benzene rings is 2. The summed E-state index contributed by atoms with van der Waals surface area (Å²) >= 11 is 3.35. The van der Waals surface area contributed by atoms with E-state index in [0.29, 0.717) is 0 Å². The van der Waals surface area contributed by atoms with Gasteiger partial charge < -0.3 is 15.4 Å². The molecular formula is C18H15BrN2O3. The number of halogens is 1. The van der Waals surface area contributed by atoms with Gasteiger partial charge in [-0.05, 0) is 29.3 Å². The minimum atomic E-state index is -0.561. The fraction of sp³-hybridized carbons (Fsp3) is 0.111. The monoisotopic (exact) mass is 386 g/mol. The van der Waals surface area contributed by atoms with E-state index >= 15 is 0 Å². The number of hydrogen-bond donors (Lipinski definition) is 2. The second-order valence-corrected chi connectivity index (χ2v) is 6.19. The molecule has 2 N–H and O–H groups in total. The number of carbonyl (C=O) groups excluding carboxylic acids is 2. The number of nitrogens with one attached hydrogen (secondary N) is 2. The van der Waals surface area contributed by atoms with Crippen LogP contribution in [0.1, 0.15) is 17.2 Å². The molecule has 0 spiro atoms. The summed E-state index contributed by atoms with van der Waals surface area (Å²) in [5.41, 5.74) is 1.90. The third kappa shape index (κ3) is 4.02. The molecule has 2 aromatic carbocycles. The number of esters is 1. The summed E-state index contributed by atoms with van der Waals surface area (Å²) in [6.45, 7) is 0.142. The normalized spacial score (nSPS) is 16.6. The van der Waals surface area contributed by atoms with Crippen LogP contribution in [0, 0.1) is 0 Å². The van der Waals surface area contributed by atoms with Gasteiger partial charge in [-0.15, -0.1) is 0 Å². The van der Waals surface area contributed by atoms with Gasteiger partial charge in [-0.2, -0.15) is 0 Å². The Morgan fingerprint density at radius 2 is 1.79 bits per heavy atom. The standard InChI is InChI=1S/C18H15BrN2O3/c19-14-8-6-12(7-9-14)11-24-17(22)16-10-15(20-18(23)21-16)13-4-2-1-3-5-13/h1-10,15H,11H2,(H2,20,21,23). The smallest absolute Gasteiger partial charge is 0.354 e. The van der Waals surface area contributed by atoms with Crippen molar-refractivity contribution in [3.05, 3.63) is 82.0 Å². The maximum absolute atomic E-state index is 12.2. The molecule has 0 saturated carbocycles. The molecular weight excluding hydrogens is 372 g/mol. The minimum Gasteiger partial charge on any atom is -0.456 e. The third-order valence-corrected chi connectivity index (χ3v) is 4.06. The summed E-state index contributed by atoms with van der Waals surface area (Å²) in [6, 6.07) is 16.1. The van der Waals surface area contributed by atoms with E-state index in [0.717, 1.165) is 15.6 Å². The van der Waals surface area contributed by atoms with E-state index in [1.54, 1.807) is 6.08 Å². The van der Waals surface area contributed by atoms with Gasteiger partial charge in [0, 0.05) is 4.47 Å². The van der Waals surface area contributed by atoms with Gasteiger partial charge in [0.05, 0.1) is 6.04 Å². The van der Waals surface area contributed by atoms with Gasteiger partial charge in [0.1, 0.15) is 12.3 Å². The molecule has 0 fully saturated rings. The van der Waals surface area contributed by atoms with Crippen molar-refractivity contribution in [2.75, 3.05) is 0 Å². The van der Waals surface area contributed by atoms with Gasteiger partial charge in [0.15, 0.2) is 0 Å². The first-order chi connectivity index (χ1) is 11.6. The van der Waals surface area contributed by atoms with E-state index in [1.807, 2.05) is 54.6 Å². The number of amides is 2. The molecule has 1 aliphatic rings. The predicted octanol–water partition coefficient (Wildman–Crippen LogP) is 3.43. The molecule has 1 heterocycles. The van der Waals surface area contributed by atoms with E-state index < -0.39 is 12.0 Å². The molecule has 0 aromatic heterocycles. The number of rotatable bonds is 4. The molecule has 2 aromatic rings. The molecule has 122 valence electrons. The van der Waals surface area contributed by atoms with Gasteiger partial charge in [-0.25, -0.2) is 9.59 Å². The summed E-state index contributed by atoms with van der Waals surface area (Å²) in [5, 5.41) is 5.25. The van der Waals surface area contributed by atoms with Gasteiger partial charge in [-0.1, -0.05) is 58.4 Å². The summed E-state index contributed by atoms with van der Waals surface area (Å²) in [6.07, 6.45) is 1.65. The second kappa shape index (κ2) is 7.31. The molecule has 24 heavy (non-hydrogen) atoms. The van der Waals surface area contributed by atoms with Crippen molar-refractivity contribution >= 4 is 27.9 Å². The van der Waals surface area contributed by atoms with Crippen LogP contribution in [0.15, 0.2) is 70.8 Å². The van der Waals surface area contributed by atoms with Crippen molar-refractivity contribution in [3.63, 3.8) is 0 Å². The lowest BCUT2D eigenvalue weighted by Gasteiger charge is -2.23. The van der Waals surface area contributed by atoms with Crippen molar-refractivity contribution in [2.45, 2.75) is 12.6 Å². The summed E-state index contributed by atoms with van der Waals surface area (Å²) in [4.78, 5) is 24.0. The van der Waals surface area contributed by atoms with Crippen LogP contribution in [0.4, 0.5) is 4.79 Å². The molecule has 2 amide bonds. The molecule has 6 heteroatoms. The van der Waals surface area contributed by atoms with Crippen LogP contribution in [-0.4, -0.2) is 12.0 Å². The van der Waals surface area contributed by atoms with E-state index in [1.165, 1.54) is 0 Å². The highest BCUT2D eigenvalue weighted by molar-refractivity contribution is 9.10. The zero-order valence-corrected chi connectivity index (χ0v) is 14.2. The van der Waals surface area contributed by atoms with Crippen LogP contribution in [0.2, 0.25) is 0 Å². The summed E-state index contributed by atoms with van der Waals surface area (Å²) in [7, 11) is 0. The Morgan fingerprint density at radius 3 is 2.50 bits per heavy atom. The third-order valence-electron chi connectivity index (χ3n) is 3.53. The maximum atomic E-state index is 12.2. The van der Waals surface area contributed by atoms with E-state index in [-0.39, 0.29) is 18.3 Å². The lowest BCUT2D eigenvalue weighted by atomic mass is 10.0. The fourth-order valence-corrected chi connectivity index (χ4v) is 2.58. The van der Waals surface area contributed by atoms with Crippen molar-refractivity contribution in [3.8, 4) is 0 Å². The molecule has 1 aliphatic heterocycles. The van der Waals surface area contributed by atoms with Crippen molar-refractivity contribution in [1.29, 1.82) is 0 Å². The van der Waals surface area contributed by atoms with E-state index in [9.17, 15) is 9.59 Å². The van der Waals surface area contributed by atoms with Crippen molar-refractivity contribution in [1.82, 2.24) is 10.6 Å². The number of carbonyl (C=O) groups is 2. The average molecular weight is 387 g/mol. The predicted molar refractivity (Wildman–Crippen MR) is 92.9 cm³/mol. The first kappa shape index (κ1) is 16.3. The number of ether oxygens (including phenoxy) is 1. The lowest BCUT2D eigenvalue weighted by Crippen LogP contribution is -2.43. The van der Waals surface area contributed by atoms with Crippen LogP contribution in [0.5, 0.6) is 0 Å². The Morgan fingerprint density at radius 1 is 1.08 bits per heavy atom. The summed E-state index contributed by atoms with van der Waals surface area (Å²) in [5.74, 6) is -0.561. The van der Waals surface area contributed by atoms with Gasteiger partial charge >= 0.3 is 12.0 Å². The molecule has 0 aliphatic carbocycles. The van der Waals surface area contributed by atoms with Gasteiger partial charge in [0.2, 0.25) is 0 Å². The van der Waals surface area contributed by atoms with Crippen LogP contribution in [-0.2, 0) is 16.1 Å². The van der Waals surface area contributed by atoms with Gasteiger partial charge in [-0.3, -0.25) is 0 Å². The summed E-state index contributed by atoms with van der Waals surface area (Å²) < 4.78 is 6.23. The second-order valence-electron chi connectivity index (χ2n) is 5.27. The molecule has 0 saturated heterocycles. The molecule has 0 bridgehead atoms. The number of hydrogen-bond acceptors (Lipinski definition) is 3. The minimum absolute atomic E-state index is 0.142. The Hall–Kier alpha value is -2.60. The van der Waals surface area contributed by atoms with Crippen LogP contribution in [0.3, 0.4) is 0 Å². The molecule has 0 radical (unpaired) electrons. The highest BCUT2D eigenvalue weighted by atomic mass is 79.9. The molecule has 5 nitrogen and oxygen atoms in total. The Balaban J connectivity index is 1.69. The zero-order chi connectivity index (χ0) is 16.9. The Bertz CT molecular complexity index is 773. The highest BCUT2D eigenvalue weighted by Gasteiger charge is 2.24. The zero-order valence-electron chi connectivity index (χ0n) is 12.7. The average Bonchev–Trinajstić information content (AvgIpc) is 2.61. The Labute approximate surface area is 147 Å². The van der Waals surface area contributed by atoms with Crippen molar-refractivity contribution in [2.24, 2.45) is 0 Å². The molecule has 1 atom stereocenters. The Kier molecular flexibility index (Phi) is 4.96. The first-order valence-electron chi connectivity index (χ1n) is 7.37. The largest absolute Gasteiger partial charge is 0.456 e. The van der Waals surface area contributed by atoms with Crippen molar-refractivity contribution < 1.29 is 14.3 Å². The topological polar surface area (TPSA) is 67.4 Å². The fourth-order valence-electron chi connectivity index (χ4n) is 2.32. The lowest BCUT2D eigenvalue weighted by molar-refractivity contribution is -0.140. The SMILES string of the molecule is O=C1NC(C(=O)OCc2ccc(Br)cc2)=CC(c2ccccc2)N1. The first-order valence-corrected chi connectivity index (χ1v) is 8.17. The van der Waals surface area contributed by atoms with Crippen LogP contribution < -0.4 is 10.6 Å². The quantitative estimate of drug-likeness (QED) is 0.790. The van der Waals surface area contributed by atoms with Crippen LogP contribution in [0.25, 0.3) is 0 Å². The molecule has 3 rings (SSSR count). The van der Waals surface area contributed by atoms with E-state index in [2.05, 4.69) is 26.6 Å². The van der Waals surface area contributed by atoms with Gasteiger partial charge in [0.25, 0.3) is 0 Å². The number of urea groups is 1. The highest BCUT2D eigenvalue weighted by Crippen LogP contribution is 2.19.